The Morgan fingerprint density at radius 3 is 2.62 bits per heavy atom. The Kier molecular flexibility index (Phi) is 5.96. The molecular formula is C21H23ClN2O2. The number of fused-ring (bicyclic) bond motifs is 1. The summed E-state index contributed by atoms with van der Waals surface area (Å²) in [5.74, 6) is 0.759. The van der Waals surface area contributed by atoms with Gasteiger partial charge in [-0.2, -0.15) is 0 Å². The van der Waals surface area contributed by atoms with Gasteiger partial charge < -0.3 is 14.5 Å². The first-order valence-electron chi connectivity index (χ1n) is 8.64. The molecule has 0 bridgehead atoms. The third-order valence-electron chi connectivity index (χ3n) is 4.28. The molecule has 1 aliphatic heterocycles. The topological polar surface area (TPSA) is 32.8 Å². The second-order valence-corrected chi connectivity index (χ2v) is 7.09. The van der Waals surface area contributed by atoms with E-state index in [4.69, 9.17) is 16.3 Å². The number of halogens is 1. The van der Waals surface area contributed by atoms with Crippen LogP contribution in [-0.2, 0) is 11.3 Å². The summed E-state index contributed by atoms with van der Waals surface area (Å²) in [5, 5.41) is 0.631. The van der Waals surface area contributed by atoms with Crippen molar-refractivity contribution in [2.75, 3.05) is 33.8 Å². The molecule has 4 nitrogen and oxygen atoms in total. The summed E-state index contributed by atoms with van der Waals surface area (Å²) in [6.45, 7) is 2.31. The molecule has 0 atom stereocenters. The molecule has 5 heteroatoms. The average molecular weight is 371 g/mol. The van der Waals surface area contributed by atoms with Gasteiger partial charge in [0.15, 0.2) is 0 Å². The third kappa shape index (κ3) is 4.65. The SMILES string of the molecule is CN(C)CCN(Cc1ccccc1)C(=O)C1=Cc2cc(Cl)ccc2OC1. The fourth-order valence-corrected chi connectivity index (χ4v) is 3.03. The Morgan fingerprint density at radius 1 is 1.12 bits per heavy atom. The van der Waals surface area contributed by atoms with E-state index in [9.17, 15) is 4.79 Å². The Balaban J connectivity index is 1.82. The zero-order valence-electron chi connectivity index (χ0n) is 15.1. The van der Waals surface area contributed by atoms with Crippen molar-refractivity contribution in [2.45, 2.75) is 6.54 Å². The van der Waals surface area contributed by atoms with Crippen molar-refractivity contribution < 1.29 is 9.53 Å². The molecule has 0 saturated heterocycles. The Hall–Kier alpha value is -2.30. The predicted octanol–water partition coefficient (Wildman–Crippen LogP) is 3.71. The van der Waals surface area contributed by atoms with Crippen LogP contribution in [-0.4, -0.2) is 49.5 Å². The summed E-state index contributed by atoms with van der Waals surface area (Å²) in [4.78, 5) is 17.1. The highest BCUT2D eigenvalue weighted by molar-refractivity contribution is 6.30. The van der Waals surface area contributed by atoms with Crippen molar-refractivity contribution in [3.63, 3.8) is 0 Å². The fourth-order valence-electron chi connectivity index (χ4n) is 2.85. The van der Waals surface area contributed by atoms with Gasteiger partial charge in [0.05, 0.1) is 5.57 Å². The van der Waals surface area contributed by atoms with E-state index in [0.29, 0.717) is 23.7 Å². The minimum absolute atomic E-state index is 0.00123. The number of nitrogens with zero attached hydrogens (tertiary/aromatic N) is 2. The summed E-state index contributed by atoms with van der Waals surface area (Å²) in [6.07, 6.45) is 1.89. The minimum Gasteiger partial charge on any atom is -0.488 e. The number of rotatable bonds is 6. The van der Waals surface area contributed by atoms with E-state index in [1.807, 2.05) is 67.5 Å². The second kappa shape index (κ2) is 8.39. The number of ether oxygens (including phenoxy) is 1. The monoisotopic (exact) mass is 370 g/mol. The summed E-state index contributed by atoms with van der Waals surface area (Å²) < 4.78 is 5.75. The fraction of sp³-hybridized carbons (Fsp3) is 0.286. The van der Waals surface area contributed by atoms with E-state index >= 15 is 0 Å². The van der Waals surface area contributed by atoms with E-state index in [1.54, 1.807) is 6.07 Å². The van der Waals surface area contributed by atoms with Gasteiger partial charge in [0.1, 0.15) is 12.4 Å². The lowest BCUT2D eigenvalue weighted by Crippen LogP contribution is -2.38. The van der Waals surface area contributed by atoms with E-state index in [2.05, 4.69) is 4.90 Å². The van der Waals surface area contributed by atoms with Crippen molar-refractivity contribution in [1.82, 2.24) is 9.80 Å². The zero-order chi connectivity index (χ0) is 18.5. The van der Waals surface area contributed by atoms with E-state index in [0.717, 1.165) is 23.4 Å². The lowest BCUT2D eigenvalue weighted by molar-refractivity contribution is -0.128. The number of amides is 1. The van der Waals surface area contributed by atoms with Gasteiger partial charge in [0.2, 0.25) is 0 Å². The molecule has 1 heterocycles. The van der Waals surface area contributed by atoms with Crippen LogP contribution in [0.2, 0.25) is 5.02 Å². The van der Waals surface area contributed by atoms with Crippen molar-refractivity contribution >= 4 is 23.6 Å². The number of carbonyl (C=O) groups excluding carboxylic acids is 1. The van der Waals surface area contributed by atoms with Crippen LogP contribution in [0.15, 0.2) is 54.1 Å². The van der Waals surface area contributed by atoms with Crippen LogP contribution in [0.25, 0.3) is 6.08 Å². The molecule has 0 N–H and O–H groups in total. The van der Waals surface area contributed by atoms with E-state index in [1.165, 1.54) is 0 Å². The highest BCUT2D eigenvalue weighted by Crippen LogP contribution is 2.29. The maximum atomic E-state index is 13.1. The number of benzene rings is 2. The van der Waals surface area contributed by atoms with Crippen molar-refractivity contribution in [2.24, 2.45) is 0 Å². The molecule has 2 aromatic rings. The number of hydrogen-bond donors (Lipinski definition) is 0. The standard InChI is InChI=1S/C21H23ClN2O2/c1-23(2)10-11-24(14-16-6-4-3-5-7-16)21(25)18-12-17-13-19(22)8-9-20(17)26-15-18/h3-9,12-13H,10-11,14-15H2,1-2H3. The molecule has 0 saturated carbocycles. The summed E-state index contributed by atoms with van der Waals surface area (Å²) in [6, 6.07) is 15.5. The van der Waals surface area contributed by atoms with Crippen LogP contribution in [0.3, 0.4) is 0 Å². The van der Waals surface area contributed by atoms with Crippen LogP contribution in [0.5, 0.6) is 5.75 Å². The normalized spacial score (nSPS) is 13.0. The molecule has 0 aliphatic carbocycles. The maximum Gasteiger partial charge on any atom is 0.253 e. The summed E-state index contributed by atoms with van der Waals surface area (Å²) in [7, 11) is 4.01. The highest BCUT2D eigenvalue weighted by atomic mass is 35.5. The Labute approximate surface area is 159 Å². The van der Waals surface area contributed by atoms with Crippen LogP contribution >= 0.6 is 11.6 Å². The molecule has 2 aromatic carbocycles. The molecular weight excluding hydrogens is 348 g/mol. The first-order chi connectivity index (χ1) is 12.5. The molecule has 26 heavy (non-hydrogen) atoms. The minimum atomic E-state index is 0.00123. The lowest BCUT2D eigenvalue weighted by Gasteiger charge is -2.27. The van der Waals surface area contributed by atoms with Crippen molar-refractivity contribution in [3.05, 3.63) is 70.3 Å². The average Bonchev–Trinajstić information content (AvgIpc) is 2.64. The molecule has 1 aliphatic rings. The predicted molar refractivity (Wildman–Crippen MR) is 105 cm³/mol. The molecule has 0 aromatic heterocycles. The van der Waals surface area contributed by atoms with Gasteiger partial charge in [-0.3, -0.25) is 4.79 Å². The van der Waals surface area contributed by atoms with Gasteiger partial charge in [-0.05, 0) is 43.9 Å². The molecule has 0 radical (unpaired) electrons. The molecule has 1 amide bonds. The highest BCUT2D eigenvalue weighted by Gasteiger charge is 2.22. The first-order valence-corrected chi connectivity index (χ1v) is 9.01. The van der Waals surface area contributed by atoms with Gasteiger partial charge in [0.25, 0.3) is 5.91 Å². The van der Waals surface area contributed by atoms with E-state index in [-0.39, 0.29) is 12.5 Å². The zero-order valence-corrected chi connectivity index (χ0v) is 15.9. The number of likely N-dealkylation sites (N-methyl/N-ethyl adjacent to an activating group) is 1. The summed E-state index contributed by atoms with van der Waals surface area (Å²) in [5.41, 5.74) is 2.61. The lowest BCUT2D eigenvalue weighted by atomic mass is 10.1. The quantitative estimate of drug-likeness (QED) is 0.777. The Bertz CT molecular complexity index is 803. The van der Waals surface area contributed by atoms with Crippen molar-refractivity contribution in [1.29, 1.82) is 0 Å². The molecule has 0 unspecified atom stereocenters. The summed E-state index contributed by atoms with van der Waals surface area (Å²) >= 11 is 6.07. The maximum absolute atomic E-state index is 13.1. The third-order valence-corrected chi connectivity index (χ3v) is 4.52. The van der Waals surface area contributed by atoms with E-state index < -0.39 is 0 Å². The smallest absolute Gasteiger partial charge is 0.253 e. The van der Waals surface area contributed by atoms with Gasteiger partial charge in [-0.15, -0.1) is 0 Å². The van der Waals surface area contributed by atoms with Crippen LogP contribution < -0.4 is 4.74 Å². The van der Waals surface area contributed by atoms with Gasteiger partial charge >= 0.3 is 0 Å². The van der Waals surface area contributed by atoms with Crippen LogP contribution in [0.1, 0.15) is 11.1 Å². The van der Waals surface area contributed by atoms with Gasteiger partial charge in [-0.1, -0.05) is 41.9 Å². The van der Waals surface area contributed by atoms with Crippen molar-refractivity contribution in [3.8, 4) is 5.75 Å². The molecule has 3 rings (SSSR count). The second-order valence-electron chi connectivity index (χ2n) is 6.66. The molecule has 136 valence electrons. The van der Waals surface area contributed by atoms with Gasteiger partial charge in [-0.25, -0.2) is 0 Å². The first kappa shape index (κ1) is 18.5. The Morgan fingerprint density at radius 2 is 1.88 bits per heavy atom. The van der Waals surface area contributed by atoms with Crippen LogP contribution in [0.4, 0.5) is 0 Å². The number of hydrogen-bond acceptors (Lipinski definition) is 3. The molecule has 0 fully saturated rings. The largest absolute Gasteiger partial charge is 0.488 e. The molecule has 0 spiro atoms. The number of carbonyl (C=O) groups is 1. The van der Waals surface area contributed by atoms with Gasteiger partial charge in [0, 0.05) is 30.2 Å². The van der Waals surface area contributed by atoms with Crippen LogP contribution in [0, 0.1) is 0 Å².